The van der Waals surface area contributed by atoms with Crippen molar-refractivity contribution in [1.82, 2.24) is 4.31 Å². The van der Waals surface area contributed by atoms with Crippen LogP contribution in [0.3, 0.4) is 0 Å². The number of aliphatic hydroxyl groups is 1. The highest BCUT2D eigenvalue weighted by Gasteiger charge is 2.21. The van der Waals surface area contributed by atoms with Crippen molar-refractivity contribution < 1.29 is 13.5 Å². The first-order chi connectivity index (χ1) is 8.93. The zero-order chi connectivity index (χ0) is 14.5. The minimum absolute atomic E-state index is 0.237. The molecule has 0 heterocycles. The summed E-state index contributed by atoms with van der Waals surface area (Å²) in [6.45, 7) is 2.33. The number of thioether (sulfide) groups is 1. The van der Waals surface area contributed by atoms with Crippen molar-refractivity contribution in [1.29, 1.82) is 0 Å². The van der Waals surface area contributed by atoms with Crippen LogP contribution in [0.1, 0.15) is 25.0 Å². The molecule has 108 valence electrons. The summed E-state index contributed by atoms with van der Waals surface area (Å²) < 4.78 is 26.0. The van der Waals surface area contributed by atoms with Crippen LogP contribution in [0.2, 0.25) is 0 Å². The molecule has 0 aromatic heterocycles. The predicted molar refractivity (Wildman–Crippen MR) is 79.9 cm³/mol. The van der Waals surface area contributed by atoms with Gasteiger partial charge in [-0.15, -0.1) is 0 Å². The molecule has 1 N–H and O–H groups in total. The third-order valence-electron chi connectivity index (χ3n) is 2.95. The second-order valence-corrected chi connectivity index (χ2v) is 7.35. The molecule has 1 aromatic rings. The molecule has 0 radical (unpaired) electrons. The van der Waals surface area contributed by atoms with E-state index >= 15 is 0 Å². The van der Waals surface area contributed by atoms with Gasteiger partial charge in [0.1, 0.15) is 0 Å². The number of sulfonamides is 1. The fourth-order valence-electron chi connectivity index (χ4n) is 1.64. The minimum atomic E-state index is -3.47. The lowest BCUT2D eigenvalue weighted by Gasteiger charge is -2.17. The van der Waals surface area contributed by atoms with E-state index in [0.29, 0.717) is 18.5 Å². The Kier molecular flexibility index (Phi) is 6.32. The van der Waals surface area contributed by atoms with Gasteiger partial charge < -0.3 is 5.11 Å². The molecule has 4 nitrogen and oxygen atoms in total. The van der Waals surface area contributed by atoms with Gasteiger partial charge in [0.2, 0.25) is 10.0 Å². The van der Waals surface area contributed by atoms with Crippen LogP contribution in [-0.4, -0.2) is 43.4 Å². The van der Waals surface area contributed by atoms with Crippen molar-refractivity contribution in [2.75, 3.05) is 25.6 Å². The predicted octanol–water partition coefficient (Wildman–Crippen LogP) is 2.11. The Morgan fingerprint density at radius 2 is 2.11 bits per heavy atom. The average molecular weight is 303 g/mol. The highest BCUT2D eigenvalue weighted by Crippen LogP contribution is 2.21. The van der Waals surface area contributed by atoms with E-state index in [-0.39, 0.29) is 4.90 Å². The third kappa shape index (κ3) is 4.21. The first kappa shape index (κ1) is 16.5. The van der Waals surface area contributed by atoms with E-state index in [2.05, 4.69) is 0 Å². The molecule has 0 bridgehead atoms. The van der Waals surface area contributed by atoms with Crippen LogP contribution in [0.15, 0.2) is 29.2 Å². The molecule has 0 fully saturated rings. The van der Waals surface area contributed by atoms with Crippen LogP contribution in [-0.2, 0) is 10.0 Å². The van der Waals surface area contributed by atoms with E-state index < -0.39 is 16.1 Å². The summed E-state index contributed by atoms with van der Waals surface area (Å²) >= 11 is 1.61. The highest BCUT2D eigenvalue weighted by atomic mass is 32.2. The summed E-state index contributed by atoms with van der Waals surface area (Å²) in [7, 11) is -1.89. The molecule has 0 amide bonds. The summed E-state index contributed by atoms with van der Waals surface area (Å²) in [6.07, 6.45) is 1.89. The third-order valence-corrected chi connectivity index (χ3v) is 5.39. The molecule has 0 spiro atoms. The second kappa shape index (κ2) is 7.28. The van der Waals surface area contributed by atoms with E-state index in [4.69, 9.17) is 0 Å². The van der Waals surface area contributed by atoms with Gasteiger partial charge in [0.05, 0.1) is 11.0 Å². The Bertz CT molecular complexity index is 502. The summed E-state index contributed by atoms with van der Waals surface area (Å²) in [5.41, 5.74) is 0.641. The van der Waals surface area contributed by atoms with Crippen LogP contribution in [0.5, 0.6) is 0 Å². The summed E-state index contributed by atoms with van der Waals surface area (Å²) in [5.74, 6) is 0.757. The zero-order valence-electron chi connectivity index (χ0n) is 11.5. The van der Waals surface area contributed by atoms with Crippen LogP contribution in [0.4, 0.5) is 0 Å². The second-order valence-electron chi connectivity index (χ2n) is 4.32. The van der Waals surface area contributed by atoms with Crippen LogP contribution < -0.4 is 0 Å². The number of hydrogen-bond acceptors (Lipinski definition) is 4. The van der Waals surface area contributed by atoms with Gasteiger partial charge in [0.25, 0.3) is 0 Å². The van der Waals surface area contributed by atoms with E-state index in [1.165, 1.54) is 4.31 Å². The molecule has 1 unspecified atom stereocenters. The average Bonchev–Trinajstić information content (AvgIpc) is 2.43. The number of nitrogens with zero attached hydrogens (tertiary/aromatic N) is 1. The molecule has 6 heteroatoms. The normalized spacial score (nSPS) is 13.7. The van der Waals surface area contributed by atoms with E-state index in [0.717, 1.165) is 5.75 Å². The van der Waals surface area contributed by atoms with Crippen LogP contribution in [0.25, 0.3) is 0 Å². The van der Waals surface area contributed by atoms with Crippen LogP contribution in [0, 0.1) is 0 Å². The van der Waals surface area contributed by atoms with Crippen molar-refractivity contribution in [2.45, 2.75) is 24.3 Å². The number of rotatable bonds is 7. The smallest absolute Gasteiger partial charge is 0.242 e. The summed E-state index contributed by atoms with van der Waals surface area (Å²) in [4.78, 5) is 0.237. The van der Waals surface area contributed by atoms with Gasteiger partial charge >= 0.3 is 0 Å². The lowest BCUT2D eigenvalue weighted by Crippen LogP contribution is -2.29. The Morgan fingerprint density at radius 1 is 1.42 bits per heavy atom. The van der Waals surface area contributed by atoms with Gasteiger partial charge in [-0.25, -0.2) is 12.7 Å². The Labute approximate surface area is 119 Å². The molecule has 1 rings (SSSR count). The molecule has 0 saturated carbocycles. The summed E-state index contributed by atoms with van der Waals surface area (Å²) in [6, 6.07) is 6.54. The quantitative estimate of drug-likeness (QED) is 0.838. The first-order valence-electron chi connectivity index (χ1n) is 6.16. The maximum absolute atomic E-state index is 12.3. The Hall–Kier alpha value is -0.560. The minimum Gasteiger partial charge on any atom is -0.388 e. The van der Waals surface area contributed by atoms with Gasteiger partial charge in [-0.05, 0) is 30.4 Å². The maximum Gasteiger partial charge on any atom is 0.242 e. The Balaban J connectivity index is 3.01. The molecule has 0 aliphatic heterocycles. The molecule has 19 heavy (non-hydrogen) atoms. The molecule has 0 saturated heterocycles. The van der Waals surface area contributed by atoms with Crippen molar-refractivity contribution in [3.8, 4) is 0 Å². The molecule has 1 aromatic carbocycles. The Morgan fingerprint density at radius 3 is 2.68 bits per heavy atom. The number of benzene rings is 1. The highest BCUT2D eigenvalue weighted by molar-refractivity contribution is 7.98. The van der Waals surface area contributed by atoms with E-state index in [1.54, 1.807) is 43.1 Å². The van der Waals surface area contributed by atoms with Gasteiger partial charge in [0.15, 0.2) is 0 Å². The molecule has 0 aliphatic rings. The number of hydrogen-bond donors (Lipinski definition) is 1. The monoisotopic (exact) mass is 303 g/mol. The SMILES string of the molecule is CCC(O)c1cccc(S(=O)(=O)N(C)CCSC)c1. The standard InChI is InChI=1S/C13H21NO3S2/c1-4-13(15)11-6-5-7-12(10-11)19(16,17)14(2)8-9-18-3/h5-7,10,13,15H,4,8-9H2,1-3H3. The number of aliphatic hydroxyl groups excluding tert-OH is 1. The van der Waals surface area contributed by atoms with E-state index in [9.17, 15) is 13.5 Å². The first-order valence-corrected chi connectivity index (χ1v) is 9.00. The van der Waals surface area contributed by atoms with Gasteiger partial charge in [-0.1, -0.05) is 19.1 Å². The fraction of sp³-hybridized carbons (Fsp3) is 0.538. The van der Waals surface area contributed by atoms with Crippen molar-refractivity contribution >= 4 is 21.8 Å². The van der Waals surface area contributed by atoms with Crippen molar-refractivity contribution in [3.05, 3.63) is 29.8 Å². The zero-order valence-corrected chi connectivity index (χ0v) is 13.2. The fourth-order valence-corrected chi connectivity index (χ4v) is 3.44. The van der Waals surface area contributed by atoms with Crippen molar-refractivity contribution in [3.63, 3.8) is 0 Å². The van der Waals surface area contributed by atoms with Crippen molar-refractivity contribution in [2.24, 2.45) is 0 Å². The molecular weight excluding hydrogens is 282 g/mol. The summed E-state index contributed by atoms with van der Waals surface area (Å²) in [5, 5.41) is 9.79. The molecular formula is C13H21NO3S2. The lowest BCUT2D eigenvalue weighted by molar-refractivity contribution is 0.173. The largest absolute Gasteiger partial charge is 0.388 e. The maximum atomic E-state index is 12.3. The van der Waals surface area contributed by atoms with Gasteiger partial charge in [-0.2, -0.15) is 11.8 Å². The molecule has 0 aliphatic carbocycles. The topological polar surface area (TPSA) is 57.6 Å². The van der Waals surface area contributed by atoms with Crippen LogP contribution >= 0.6 is 11.8 Å². The van der Waals surface area contributed by atoms with Gasteiger partial charge in [-0.3, -0.25) is 0 Å². The lowest BCUT2D eigenvalue weighted by atomic mass is 10.1. The van der Waals surface area contributed by atoms with Gasteiger partial charge in [0, 0.05) is 19.3 Å². The molecule has 1 atom stereocenters. The van der Waals surface area contributed by atoms with E-state index in [1.807, 2.05) is 13.2 Å².